The van der Waals surface area contributed by atoms with Crippen molar-refractivity contribution in [3.8, 4) is 0 Å². The summed E-state index contributed by atoms with van der Waals surface area (Å²) in [6, 6.07) is 0.838. The van der Waals surface area contributed by atoms with Gasteiger partial charge < -0.3 is 20.7 Å². The summed E-state index contributed by atoms with van der Waals surface area (Å²) in [4.78, 5) is 11.8. The average molecular weight is 374 g/mol. The number of hydrogen-bond acceptors (Lipinski definition) is 5. The lowest BCUT2D eigenvalue weighted by Crippen LogP contribution is -2.41. The zero-order valence-corrected chi connectivity index (χ0v) is 15.0. The van der Waals surface area contributed by atoms with Gasteiger partial charge in [-0.05, 0) is 32.8 Å². The van der Waals surface area contributed by atoms with E-state index in [9.17, 15) is 13.2 Å². The van der Waals surface area contributed by atoms with E-state index in [0.29, 0.717) is 32.1 Å². The molecule has 0 aliphatic carbocycles. The average Bonchev–Trinajstić information content (AvgIpc) is 3.03. The number of ether oxygens (including phenoxy) is 1. The summed E-state index contributed by atoms with van der Waals surface area (Å²) in [5.74, 6) is 0.575. The number of hydrogen-bond donors (Lipinski definition) is 3. The standard InChI is InChI=1S/C16H25F3N6O/c1-3-20-13(24-11-15(2)6-4-10-26-15)22-8-9-23-14-21-7-5-12(25-14)16(17,18)19/h5,7H,3-4,6,8-11H2,1-2H3,(H2,20,22,24)(H,21,23,25). The molecule has 1 aromatic rings. The molecule has 0 radical (unpaired) electrons. The van der Waals surface area contributed by atoms with E-state index in [1.165, 1.54) is 0 Å². The van der Waals surface area contributed by atoms with E-state index in [2.05, 4.69) is 30.9 Å². The molecule has 1 unspecified atom stereocenters. The van der Waals surface area contributed by atoms with Crippen LogP contribution in [0.1, 0.15) is 32.4 Å². The molecule has 0 aromatic carbocycles. The lowest BCUT2D eigenvalue weighted by Gasteiger charge is -2.21. The van der Waals surface area contributed by atoms with Gasteiger partial charge in [-0.15, -0.1) is 0 Å². The molecule has 0 bridgehead atoms. The van der Waals surface area contributed by atoms with Crippen LogP contribution in [-0.4, -0.2) is 54.3 Å². The number of anilines is 1. The molecule has 1 aliphatic heterocycles. The lowest BCUT2D eigenvalue weighted by molar-refractivity contribution is -0.141. The Kier molecular flexibility index (Phi) is 7.01. The topological polar surface area (TPSA) is 83.5 Å². The molecule has 146 valence electrons. The molecule has 0 saturated carbocycles. The highest BCUT2D eigenvalue weighted by molar-refractivity contribution is 5.79. The maximum absolute atomic E-state index is 12.6. The van der Waals surface area contributed by atoms with Gasteiger partial charge in [-0.1, -0.05) is 0 Å². The van der Waals surface area contributed by atoms with E-state index in [1.807, 2.05) is 13.8 Å². The van der Waals surface area contributed by atoms with Crippen molar-refractivity contribution in [3.63, 3.8) is 0 Å². The smallest absolute Gasteiger partial charge is 0.373 e. The van der Waals surface area contributed by atoms with Gasteiger partial charge in [0.25, 0.3) is 0 Å². The van der Waals surface area contributed by atoms with Crippen LogP contribution in [0.15, 0.2) is 17.3 Å². The highest BCUT2D eigenvalue weighted by Gasteiger charge is 2.32. The number of alkyl halides is 3. The van der Waals surface area contributed by atoms with Gasteiger partial charge in [0.05, 0.1) is 12.1 Å². The van der Waals surface area contributed by atoms with Gasteiger partial charge in [0.15, 0.2) is 5.96 Å². The first kappa shape index (κ1) is 20.2. The largest absolute Gasteiger partial charge is 0.433 e. The van der Waals surface area contributed by atoms with Crippen molar-refractivity contribution in [1.82, 2.24) is 20.6 Å². The Bertz CT molecular complexity index is 602. The van der Waals surface area contributed by atoms with Crippen molar-refractivity contribution in [2.75, 3.05) is 38.1 Å². The van der Waals surface area contributed by atoms with E-state index in [0.717, 1.165) is 31.7 Å². The number of nitrogens with zero attached hydrogens (tertiary/aromatic N) is 3. The van der Waals surface area contributed by atoms with Crippen molar-refractivity contribution >= 4 is 11.9 Å². The number of halogens is 3. The second-order valence-corrected chi connectivity index (χ2v) is 6.21. The Morgan fingerprint density at radius 1 is 1.35 bits per heavy atom. The molecule has 1 aromatic heterocycles. The van der Waals surface area contributed by atoms with E-state index in [4.69, 9.17) is 4.74 Å². The van der Waals surface area contributed by atoms with Crippen LogP contribution in [0.3, 0.4) is 0 Å². The second-order valence-electron chi connectivity index (χ2n) is 6.21. The molecule has 10 heteroatoms. The summed E-state index contributed by atoms with van der Waals surface area (Å²) in [6.07, 6.45) is -1.39. The third kappa shape index (κ3) is 6.32. The summed E-state index contributed by atoms with van der Waals surface area (Å²) >= 11 is 0. The molecular weight excluding hydrogens is 349 g/mol. The Labute approximate surface area is 150 Å². The highest BCUT2D eigenvalue weighted by Crippen LogP contribution is 2.27. The molecule has 1 saturated heterocycles. The van der Waals surface area contributed by atoms with Crippen molar-refractivity contribution in [2.45, 2.75) is 38.5 Å². The van der Waals surface area contributed by atoms with Crippen LogP contribution in [0.2, 0.25) is 0 Å². The number of nitrogens with one attached hydrogen (secondary N) is 3. The lowest BCUT2D eigenvalue weighted by atomic mass is 10.0. The molecule has 26 heavy (non-hydrogen) atoms. The Morgan fingerprint density at radius 2 is 2.15 bits per heavy atom. The Morgan fingerprint density at radius 3 is 2.81 bits per heavy atom. The maximum atomic E-state index is 12.6. The summed E-state index contributed by atoms with van der Waals surface area (Å²) in [5, 5.41) is 9.01. The minimum Gasteiger partial charge on any atom is -0.373 e. The van der Waals surface area contributed by atoms with Gasteiger partial charge in [-0.3, -0.25) is 4.99 Å². The zero-order chi connectivity index (χ0) is 19.0. The molecule has 1 fully saturated rings. The number of guanidine groups is 1. The molecule has 0 amide bonds. The van der Waals surface area contributed by atoms with Gasteiger partial charge in [-0.25, -0.2) is 9.97 Å². The Balaban J connectivity index is 1.80. The minimum atomic E-state index is -4.49. The van der Waals surface area contributed by atoms with Gasteiger partial charge in [0.2, 0.25) is 5.95 Å². The van der Waals surface area contributed by atoms with Crippen molar-refractivity contribution < 1.29 is 17.9 Å². The van der Waals surface area contributed by atoms with Crippen molar-refractivity contribution in [3.05, 3.63) is 18.0 Å². The predicted molar refractivity (Wildman–Crippen MR) is 93.1 cm³/mol. The normalized spacial score (nSPS) is 20.9. The van der Waals surface area contributed by atoms with Crippen LogP contribution < -0.4 is 16.0 Å². The van der Waals surface area contributed by atoms with E-state index >= 15 is 0 Å². The summed E-state index contributed by atoms with van der Waals surface area (Å²) < 4.78 is 43.6. The first-order valence-corrected chi connectivity index (χ1v) is 8.63. The number of aromatic nitrogens is 2. The molecule has 7 nitrogen and oxygen atoms in total. The van der Waals surface area contributed by atoms with Crippen molar-refractivity contribution in [2.24, 2.45) is 4.99 Å². The molecular formula is C16H25F3N6O. The first-order chi connectivity index (χ1) is 12.3. The molecule has 1 atom stereocenters. The molecule has 0 spiro atoms. The Hall–Kier alpha value is -2.10. The predicted octanol–water partition coefficient (Wildman–Crippen LogP) is 2.03. The van der Waals surface area contributed by atoms with Crippen LogP contribution in [-0.2, 0) is 10.9 Å². The first-order valence-electron chi connectivity index (χ1n) is 8.63. The SMILES string of the molecule is CCNC(=NCC1(C)CCCO1)NCCNc1nccc(C(F)(F)F)n1. The van der Waals surface area contributed by atoms with E-state index in [-0.39, 0.29) is 11.5 Å². The third-order valence-electron chi connectivity index (χ3n) is 3.86. The fraction of sp³-hybridized carbons (Fsp3) is 0.688. The molecule has 3 N–H and O–H groups in total. The minimum absolute atomic E-state index is 0.0598. The molecule has 1 aliphatic rings. The van der Waals surface area contributed by atoms with Crippen LogP contribution >= 0.6 is 0 Å². The van der Waals surface area contributed by atoms with Gasteiger partial charge in [0.1, 0.15) is 5.69 Å². The molecule has 2 rings (SSSR count). The number of aliphatic imine (C=N–C) groups is 1. The van der Waals surface area contributed by atoms with E-state index in [1.54, 1.807) is 0 Å². The van der Waals surface area contributed by atoms with Crippen molar-refractivity contribution in [1.29, 1.82) is 0 Å². The van der Waals surface area contributed by atoms with Gasteiger partial charge >= 0.3 is 6.18 Å². The summed E-state index contributed by atoms with van der Waals surface area (Å²) in [5.41, 5.74) is -1.20. The third-order valence-corrected chi connectivity index (χ3v) is 3.86. The quantitative estimate of drug-likeness (QED) is 0.385. The summed E-state index contributed by atoms with van der Waals surface area (Å²) in [7, 11) is 0. The van der Waals surface area contributed by atoms with Crippen LogP contribution in [0.5, 0.6) is 0 Å². The molecule has 2 heterocycles. The fourth-order valence-corrected chi connectivity index (χ4v) is 2.51. The second kappa shape index (κ2) is 9.02. The van der Waals surface area contributed by atoms with Gasteiger partial charge in [0, 0.05) is 32.4 Å². The van der Waals surface area contributed by atoms with E-state index < -0.39 is 11.9 Å². The van der Waals surface area contributed by atoms with Crippen LogP contribution in [0.25, 0.3) is 0 Å². The van der Waals surface area contributed by atoms with Crippen LogP contribution in [0, 0.1) is 0 Å². The highest BCUT2D eigenvalue weighted by atomic mass is 19.4. The summed E-state index contributed by atoms with van der Waals surface area (Å²) in [6.45, 7) is 6.80. The van der Waals surface area contributed by atoms with Gasteiger partial charge in [-0.2, -0.15) is 13.2 Å². The van der Waals surface area contributed by atoms with Crippen LogP contribution in [0.4, 0.5) is 19.1 Å². The number of rotatable bonds is 7. The maximum Gasteiger partial charge on any atom is 0.433 e. The zero-order valence-electron chi connectivity index (χ0n) is 15.0. The fourth-order valence-electron chi connectivity index (χ4n) is 2.51. The monoisotopic (exact) mass is 374 g/mol.